The van der Waals surface area contributed by atoms with Crippen LogP contribution in [0.1, 0.15) is 58.9 Å². The maximum absolute atomic E-state index is 13.6. The molecule has 1 heterocycles. The molecule has 1 fully saturated rings. The summed E-state index contributed by atoms with van der Waals surface area (Å²) in [6.07, 6.45) is 4.87. The number of aryl methyl sites for hydroxylation is 1. The van der Waals surface area contributed by atoms with Crippen LogP contribution in [-0.4, -0.2) is 38.9 Å². The first kappa shape index (κ1) is 22.1. The number of rotatable bonds is 8. The Morgan fingerprint density at radius 3 is 2.47 bits per heavy atom. The number of carbonyl (C=O) groups excluding carboxylic acids is 2. The largest absolute Gasteiger partial charge is 0.351 e. The van der Waals surface area contributed by atoms with E-state index in [1.807, 2.05) is 61.5 Å². The fourth-order valence-electron chi connectivity index (χ4n) is 4.22. The fourth-order valence-corrected chi connectivity index (χ4v) is 4.65. The van der Waals surface area contributed by atoms with Gasteiger partial charge in [-0.2, -0.15) is 0 Å². The fraction of sp³-hybridized carbons (Fsp3) is 0.360. The molecule has 0 spiro atoms. The van der Waals surface area contributed by atoms with E-state index in [1.54, 1.807) is 10.3 Å². The SMILES string of the molecule is Cc1ccc(C(C(=O)NC2CCCC2)N(CCc2ccccc2)C(=O)c2csnn2)cc1. The molecular formula is C25H28N4O2S. The normalized spacial score (nSPS) is 14.8. The van der Waals surface area contributed by atoms with Crippen molar-refractivity contribution in [3.05, 3.63) is 82.4 Å². The van der Waals surface area contributed by atoms with Gasteiger partial charge < -0.3 is 10.2 Å². The average Bonchev–Trinajstić information content (AvgIpc) is 3.52. The van der Waals surface area contributed by atoms with Gasteiger partial charge in [-0.3, -0.25) is 9.59 Å². The summed E-state index contributed by atoms with van der Waals surface area (Å²) in [4.78, 5) is 28.7. The Hall–Kier alpha value is -3.06. The Morgan fingerprint density at radius 1 is 1.09 bits per heavy atom. The van der Waals surface area contributed by atoms with Gasteiger partial charge in [0, 0.05) is 18.0 Å². The molecule has 2 amide bonds. The topological polar surface area (TPSA) is 75.2 Å². The van der Waals surface area contributed by atoms with Crippen LogP contribution in [0.15, 0.2) is 60.0 Å². The molecule has 1 atom stereocenters. The van der Waals surface area contributed by atoms with E-state index in [9.17, 15) is 9.59 Å². The molecule has 1 N–H and O–H groups in total. The van der Waals surface area contributed by atoms with Gasteiger partial charge >= 0.3 is 0 Å². The van der Waals surface area contributed by atoms with Gasteiger partial charge in [-0.15, -0.1) is 5.10 Å². The van der Waals surface area contributed by atoms with Crippen LogP contribution in [0.5, 0.6) is 0 Å². The van der Waals surface area contributed by atoms with Crippen molar-refractivity contribution in [1.82, 2.24) is 19.8 Å². The number of hydrogen-bond donors (Lipinski definition) is 1. The zero-order valence-corrected chi connectivity index (χ0v) is 19.1. The zero-order valence-electron chi connectivity index (χ0n) is 18.2. The van der Waals surface area contributed by atoms with E-state index in [-0.39, 0.29) is 23.6 Å². The lowest BCUT2D eigenvalue weighted by Crippen LogP contribution is -2.47. The molecule has 4 rings (SSSR count). The van der Waals surface area contributed by atoms with Crippen LogP contribution in [0.4, 0.5) is 0 Å². The summed E-state index contributed by atoms with van der Waals surface area (Å²) in [6, 6.07) is 17.3. The van der Waals surface area contributed by atoms with Crippen LogP contribution < -0.4 is 5.32 Å². The van der Waals surface area contributed by atoms with Crippen molar-refractivity contribution < 1.29 is 9.59 Å². The summed E-state index contributed by atoms with van der Waals surface area (Å²) < 4.78 is 3.86. The third kappa shape index (κ3) is 5.40. The van der Waals surface area contributed by atoms with Crippen molar-refractivity contribution >= 4 is 23.3 Å². The number of amides is 2. The van der Waals surface area contributed by atoms with Crippen molar-refractivity contribution in [2.75, 3.05) is 6.54 Å². The third-order valence-corrected chi connectivity index (χ3v) is 6.48. The summed E-state index contributed by atoms with van der Waals surface area (Å²) in [5.41, 5.74) is 3.29. The molecule has 32 heavy (non-hydrogen) atoms. The van der Waals surface area contributed by atoms with Crippen LogP contribution in [-0.2, 0) is 11.2 Å². The molecule has 1 saturated carbocycles. The van der Waals surface area contributed by atoms with E-state index in [2.05, 4.69) is 14.9 Å². The zero-order chi connectivity index (χ0) is 22.3. The van der Waals surface area contributed by atoms with E-state index in [4.69, 9.17) is 0 Å². The summed E-state index contributed by atoms with van der Waals surface area (Å²) in [5, 5.41) is 8.83. The third-order valence-electron chi connectivity index (χ3n) is 5.98. The van der Waals surface area contributed by atoms with Gasteiger partial charge in [0.15, 0.2) is 5.69 Å². The lowest BCUT2D eigenvalue weighted by Gasteiger charge is -2.32. The Kier molecular flexibility index (Phi) is 7.27. The Morgan fingerprint density at radius 2 is 1.81 bits per heavy atom. The van der Waals surface area contributed by atoms with Crippen LogP contribution >= 0.6 is 11.5 Å². The molecule has 0 aliphatic heterocycles. The quantitative estimate of drug-likeness (QED) is 0.557. The van der Waals surface area contributed by atoms with E-state index in [1.165, 1.54) is 0 Å². The van der Waals surface area contributed by atoms with E-state index >= 15 is 0 Å². The maximum Gasteiger partial charge on any atom is 0.276 e. The van der Waals surface area contributed by atoms with Gasteiger partial charge in [-0.25, -0.2) is 0 Å². The molecule has 7 heteroatoms. The highest BCUT2D eigenvalue weighted by molar-refractivity contribution is 7.03. The number of aromatic nitrogens is 2. The van der Waals surface area contributed by atoms with Crippen molar-refractivity contribution in [2.24, 2.45) is 0 Å². The predicted octanol–water partition coefficient (Wildman–Crippen LogP) is 4.33. The van der Waals surface area contributed by atoms with Gasteiger partial charge in [0.2, 0.25) is 5.91 Å². The number of benzene rings is 2. The van der Waals surface area contributed by atoms with Crippen LogP contribution in [0.2, 0.25) is 0 Å². The molecule has 166 valence electrons. The monoisotopic (exact) mass is 448 g/mol. The minimum absolute atomic E-state index is 0.134. The highest BCUT2D eigenvalue weighted by atomic mass is 32.1. The summed E-state index contributed by atoms with van der Waals surface area (Å²) in [5.74, 6) is -0.410. The molecule has 3 aromatic rings. The minimum Gasteiger partial charge on any atom is -0.351 e. The Labute approximate surface area is 192 Å². The molecule has 2 aromatic carbocycles. The molecule has 1 unspecified atom stereocenters. The van der Waals surface area contributed by atoms with Crippen molar-refractivity contribution in [2.45, 2.75) is 51.1 Å². The number of hydrogen-bond acceptors (Lipinski definition) is 5. The number of nitrogens with one attached hydrogen (secondary N) is 1. The maximum atomic E-state index is 13.6. The molecule has 0 bridgehead atoms. The van der Waals surface area contributed by atoms with Gasteiger partial charge in [0.1, 0.15) is 6.04 Å². The summed E-state index contributed by atoms with van der Waals surface area (Å²) in [7, 11) is 0. The molecule has 0 radical (unpaired) electrons. The average molecular weight is 449 g/mol. The van der Waals surface area contributed by atoms with Crippen LogP contribution in [0, 0.1) is 6.92 Å². The second kappa shape index (κ2) is 10.5. The smallest absolute Gasteiger partial charge is 0.276 e. The second-order valence-corrected chi connectivity index (χ2v) is 8.94. The van der Waals surface area contributed by atoms with Gasteiger partial charge in [0.25, 0.3) is 5.91 Å². The van der Waals surface area contributed by atoms with Gasteiger partial charge in [-0.05, 0) is 48.8 Å². The molecule has 1 aliphatic rings. The highest BCUT2D eigenvalue weighted by Crippen LogP contribution is 2.26. The van der Waals surface area contributed by atoms with E-state index in [0.29, 0.717) is 13.0 Å². The van der Waals surface area contributed by atoms with Gasteiger partial charge in [-0.1, -0.05) is 77.5 Å². The predicted molar refractivity (Wildman–Crippen MR) is 125 cm³/mol. The Bertz CT molecular complexity index is 1020. The summed E-state index contributed by atoms with van der Waals surface area (Å²) >= 11 is 1.13. The first-order valence-electron chi connectivity index (χ1n) is 11.1. The lowest BCUT2D eigenvalue weighted by atomic mass is 10.0. The van der Waals surface area contributed by atoms with Crippen LogP contribution in [0.3, 0.4) is 0 Å². The minimum atomic E-state index is -0.728. The standard InChI is InChI=1S/C25H28N4O2S/c1-18-11-13-20(14-12-18)23(24(30)26-21-9-5-6-10-21)29(25(31)22-17-32-28-27-22)16-15-19-7-3-2-4-8-19/h2-4,7-8,11-14,17,21,23H,5-6,9-10,15-16H2,1H3,(H,26,30). The van der Waals surface area contributed by atoms with Crippen molar-refractivity contribution in [3.63, 3.8) is 0 Å². The molecular weight excluding hydrogens is 420 g/mol. The number of nitrogens with zero attached hydrogens (tertiary/aromatic N) is 3. The molecule has 1 aliphatic carbocycles. The second-order valence-electron chi connectivity index (χ2n) is 8.33. The first-order valence-corrected chi connectivity index (χ1v) is 11.9. The summed E-state index contributed by atoms with van der Waals surface area (Å²) in [6.45, 7) is 2.41. The van der Waals surface area contributed by atoms with E-state index in [0.717, 1.165) is 53.9 Å². The molecule has 6 nitrogen and oxygen atoms in total. The van der Waals surface area contributed by atoms with Crippen molar-refractivity contribution in [1.29, 1.82) is 0 Å². The van der Waals surface area contributed by atoms with Crippen LogP contribution in [0.25, 0.3) is 0 Å². The lowest BCUT2D eigenvalue weighted by molar-refractivity contribution is -0.126. The van der Waals surface area contributed by atoms with Crippen molar-refractivity contribution in [3.8, 4) is 0 Å². The Balaban J connectivity index is 1.67. The molecule has 1 aromatic heterocycles. The number of carbonyl (C=O) groups is 2. The van der Waals surface area contributed by atoms with E-state index < -0.39 is 6.04 Å². The first-order chi connectivity index (χ1) is 15.6. The highest BCUT2D eigenvalue weighted by Gasteiger charge is 2.34. The van der Waals surface area contributed by atoms with Gasteiger partial charge in [0.05, 0.1) is 0 Å². The molecule has 0 saturated heterocycles.